The summed E-state index contributed by atoms with van der Waals surface area (Å²) in [5.74, 6) is -0.241. The Balaban J connectivity index is 2.19. The molecule has 0 saturated heterocycles. The molecule has 0 aromatic carbocycles. The van der Waals surface area contributed by atoms with Gasteiger partial charge in [0.15, 0.2) is 0 Å². The number of aliphatic hydroxyl groups excluding tert-OH is 2. The highest BCUT2D eigenvalue weighted by Gasteiger charge is 2.45. The maximum absolute atomic E-state index is 11.1. The van der Waals surface area contributed by atoms with Crippen molar-refractivity contribution >= 4 is 5.91 Å². The van der Waals surface area contributed by atoms with Gasteiger partial charge in [-0.1, -0.05) is 0 Å². The van der Waals surface area contributed by atoms with Crippen molar-refractivity contribution in [3.05, 3.63) is 0 Å². The summed E-state index contributed by atoms with van der Waals surface area (Å²) in [7, 11) is 0. The number of amides is 1. The molecule has 0 bridgehead atoms. The van der Waals surface area contributed by atoms with Crippen molar-refractivity contribution in [2.75, 3.05) is 13.2 Å². The standard InChI is InChI=1S/C7H14N2O3/c8-7(1-2-7)6(12)9-3-5(11)4-10/h5,10-11H,1-4,8H2,(H,9,12). The van der Waals surface area contributed by atoms with Crippen LogP contribution in [0.2, 0.25) is 0 Å². The number of aliphatic hydroxyl groups is 2. The first-order valence-electron chi connectivity index (χ1n) is 3.94. The lowest BCUT2D eigenvalue weighted by atomic mass is 10.2. The van der Waals surface area contributed by atoms with Crippen molar-refractivity contribution in [2.45, 2.75) is 24.5 Å². The fourth-order valence-corrected chi connectivity index (χ4v) is 0.813. The van der Waals surface area contributed by atoms with Gasteiger partial charge in [0, 0.05) is 6.54 Å². The lowest BCUT2D eigenvalue weighted by Crippen LogP contribution is -2.45. The molecule has 0 heterocycles. The van der Waals surface area contributed by atoms with Gasteiger partial charge in [-0.3, -0.25) is 4.79 Å². The van der Waals surface area contributed by atoms with Gasteiger partial charge in [0.1, 0.15) is 0 Å². The van der Waals surface area contributed by atoms with Crippen LogP contribution in [0.4, 0.5) is 0 Å². The zero-order chi connectivity index (χ0) is 9.19. The molecule has 1 aliphatic carbocycles. The highest BCUT2D eigenvalue weighted by atomic mass is 16.3. The molecule has 1 rings (SSSR count). The number of rotatable bonds is 4. The number of nitrogens with one attached hydrogen (secondary N) is 1. The summed E-state index contributed by atoms with van der Waals surface area (Å²) in [6, 6.07) is 0. The molecule has 0 aliphatic heterocycles. The van der Waals surface area contributed by atoms with Gasteiger partial charge in [0.05, 0.1) is 18.2 Å². The van der Waals surface area contributed by atoms with Gasteiger partial charge >= 0.3 is 0 Å². The Kier molecular flexibility index (Phi) is 2.66. The zero-order valence-corrected chi connectivity index (χ0v) is 6.79. The van der Waals surface area contributed by atoms with E-state index in [4.69, 9.17) is 15.9 Å². The van der Waals surface area contributed by atoms with Gasteiger partial charge < -0.3 is 21.3 Å². The quantitative estimate of drug-likeness (QED) is 0.394. The highest BCUT2D eigenvalue weighted by molar-refractivity contribution is 5.88. The summed E-state index contributed by atoms with van der Waals surface area (Å²) in [5.41, 5.74) is 4.86. The molecule has 1 aliphatic rings. The summed E-state index contributed by atoms with van der Waals surface area (Å²) >= 11 is 0. The first kappa shape index (κ1) is 9.44. The van der Waals surface area contributed by atoms with Crippen LogP contribution in [-0.2, 0) is 4.79 Å². The second kappa shape index (κ2) is 3.38. The lowest BCUT2D eigenvalue weighted by Gasteiger charge is -2.12. The van der Waals surface area contributed by atoms with E-state index in [-0.39, 0.29) is 19.1 Å². The number of nitrogens with two attached hydrogens (primary N) is 1. The largest absolute Gasteiger partial charge is 0.394 e. The number of hydrogen-bond acceptors (Lipinski definition) is 4. The maximum Gasteiger partial charge on any atom is 0.240 e. The third-order valence-corrected chi connectivity index (χ3v) is 1.95. The topological polar surface area (TPSA) is 95.6 Å². The van der Waals surface area contributed by atoms with Crippen molar-refractivity contribution < 1.29 is 15.0 Å². The summed E-state index contributed by atoms with van der Waals surface area (Å²) in [4.78, 5) is 11.1. The predicted octanol–water partition coefficient (Wildman–Crippen LogP) is -2.05. The Morgan fingerprint density at radius 2 is 2.25 bits per heavy atom. The molecule has 0 spiro atoms. The zero-order valence-electron chi connectivity index (χ0n) is 6.79. The minimum Gasteiger partial charge on any atom is -0.394 e. The second-order valence-electron chi connectivity index (χ2n) is 3.20. The molecular formula is C7H14N2O3. The number of carbonyl (C=O) groups is 1. The normalized spacial score (nSPS) is 21.6. The molecule has 0 aromatic rings. The molecule has 1 unspecified atom stereocenters. The van der Waals surface area contributed by atoms with Crippen LogP contribution in [-0.4, -0.2) is 40.9 Å². The lowest BCUT2D eigenvalue weighted by molar-refractivity contribution is -0.123. The third kappa shape index (κ3) is 2.17. The Labute approximate surface area is 70.6 Å². The third-order valence-electron chi connectivity index (χ3n) is 1.95. The summed E-state index contributed by atoms with van der Waals surface area (Å²) in [6.07, 6.45) is 0.513. The van der Waals surface area contributed by atoms with E-state index in [0.717, 1.165) is 0 Å². The van der Waals surface area contributed by atoms with Gasteiger partial charge in [-0.2, -0.15) is 0 Å². The van der Waals surface area contributed by atoms with Crippen LogP contribution in [0.5, 0.6) is 0 Å². The summed E-state index contributed by atoms with van der Waals surface area (Å²) in [6.45, 7) is -0.286. The average Bonchev–Trinajstić information content (AvgIpc) is 2.80. The Morgan fingerprint density at radius 3 is 2.67 bits per heavy atom. The SMILES string of the molecule is NC1(C(=O)NCC(O)CO)CC1. The van der Waals surface area contributed by atoms with Crippen molar-refractivity contribution in [1.82, 2.24) is 5.32 Å². The fourth-order valence-electron chi connectivity index (χ4n) is 0.813. The molecule has 5 heteroatoms. The molecule has 0 radical (unpaired) electrons. The van der Waals surface area contributed by atoms with Crippen molar-refractivity contribution in [2.24, 2.45) is 5.73 Å². The van der Waals surface area contributed by atoms with Crippen LogP contribution < -0.4 is 11.1 Å². The number of carbonyl (C=O) groups excluding carboxylic acids is 1. The minimum absolute atomic E-state index is 0.0638. The van der Waals surface area contributed by atoms with Crippen molar-refractivity contribution in [3.8, 4) is 0 Å². The summed E-state index contributed by atoms with van der Waals surface area (Å²) < 4.78 is 0. The second-order valence-corrected chi connectivity index (χ2v) is 3.20. The highest BCUT2D eigenvalue weighted by Crippen LogP contribution is 2.31. The van der Waals surface area contributed by atoms with Crippen LogP contribution >= 0.6 is 0 Å². The van der Waals surface area contributed by atoms with E-state index in [1.165, 1.54) is 0 Å². The van der Waals surface area contributed by atoms with E-state index >= 15 is 0 Å². The van der Waals surface area contributed by atoms with Gasteiger partial charge in [0.25, 0.3) is 0 Å². The van der Waals surface area contributed by atoms with Gasteiger partial charge in [-0.15, -0.1) is 0 Å². The first-order chi connectivity index (χ1) is 5.58. The van der Waals surface area contributed by atoms with Crippen molar-refractivity contribution in [3.63, 3.8) is 0 Å². The van der Waals surface area contributed by atoms with Crippen LogP contribution in [0, 0.1) is 0 Å². The fraction of sp³-hybridized carbons (Fsp3) is 0.857. The maximum atomic E-state index is 11.1. The average molecular weight is 174 g/mol. The van der Waals surface area contributed by atoms with E-state index in [1.54, 1.807) is 0 Å². The van der Waals surface area contributed by atoms with Gasteiger partial charge in [-0.25, -0.2) is 0 Å². The van der Waals surface area contributed by atoms with E-state index < -0.39 is 11.6 Å². The van der Waals surface area contributed by atoms with Crippen LogP contribution in [0.3, 0.4) is 0 Å². The smallest absolute Gasteiger partial charge is 0.240 e. The molecule has 0 aromatic heterocycles. The monoisotopic (exact) mass is 174 g/mol. The molecule has 1 atom stereocenters. The van der Waals surface area contributed by atoms with Crippen molar-refractivity contribution in [1.29, 1.82) is 0 Å². The van der Waals surface area contributed by atoms with E-state index in [9.17, 15) is 4.79 Å². The van der Waals surface area contributed by atoms with Gasteiger partial charge in [-0.05, 0) is 12.8 Å². The van der Waals surface area contributed by atoms with E-state index in [2.05, 4.69) is 5.32 Å². The van der Waals surface area contributed by atoms with Crippen LogP contribution in [0.25, 0.3) is 0 Å². The van der Waals surface area contributed by atoms with Gasteiger partial charge in [0.2, 0.25) is 5.91 Å². The van der Waals surface area contributed by atoms with E-state index in [0.29, 0.717) is 12.8 Å². The Hall–Kier alpha value is -0.650. The van der Waals surface area contributed by atoms with Crippen LogP contribution in [0.15, 0.2) is 0 Å². The Morgan fingerprint density at radius 1 is 1.67 bits per heavy atom. The molecule has 5 nitrogen and oxygen atoms in total. The molecule has 1 amide bonds. The number of hydrogen-bond donors (Lipinski definition) is 4. The molecular weight excluding hydrogens is 160 g/mol. The molecule has 70 valence electrons. The predicted molar refractivity (Wildman–Crippen MR) is 42.3 cm³/mol. The first-order valence-corrected chi connectivity index (χ1v) is 3.94. The summed E-state index contributed by atoms with van der Waals surface area (Å²) in [5, 5.41) is 19.8. The molecule has 1 fully saturated rings. The minimum atomic E-state index is -0.892. The molecule has 5 N–H and O–H groups in total. The molecule has 1 saturated carbocycles. The molecule has 12 heavy (non-hydrogen) atoms. The van der Waals surface area contributed by atoms with E-state index in [1.807, 2.05) is 0 Å². The van der Waals surface area contributed by atoms with Crippen LogP contribution in [0.1, 0.15) is 12.8 Å². The Bertz CT molecular complexity index is 179.